The van der Waals surface area contributed by atoms with Gasteiger partial charge in [0.15, 0.2) is 5.17 Å². The predicted molar refractivity (Wildman–Crippen MR) is 67.5 cm³/mol. The van der Waals surface area contributed by atoms with Crippen molar-refractivity contribution in [1.82, 2.24) is 5.32 Å². The number of hydrogen-bond acceptors (Lipinski definition) is 4. The molecule has 1 N–H and O–H groups in total. The maximum atomic E-state index is 11.3. The van der Waals surface area contributed by atoms with E-state index in [0.29, 0.717) is 5.56 Å². The Bertz CT molecular complexity index is 399. The van der Waals surface area contributed by atoms with Crippen LogP contribution in [0.25, 0.3) is 0 Å². The van der Waals surface area contributed by atoms with Crippen molar-refractivity contribution in [1.29, 1.82) is 0 Å². The minimum absolute atomic E-state index is 0.354. The molecule has 0 aliphatic heterocycles. The van der Waals surface area contributed by atoms with Crippen molar-refractivity contribution >= 4 is 28.6 Å². The van der Waals surface area contributed by atoms with Gasteiger partial charge in [-0.05, 0) is 24.5 Å². The van der Waals surface area contributed by atoms with Crippen LogP contribution in [0.4, 0.5) is 5.69 Å². The SMILES string of the molecule is CN/C(=N\c1cccc(C(=O)OC)c1)SC. The Kier molecular flexibility index (Phi) is 4.85. The lowest BCUT2D eigenvalue weighted by molar-refractivity contribution is 0.0601. The number of aliphatic imine (C=N–C) groups is 1. The van der Waals surface area contributed by atoms with Gasteiger partial charge in [-0.3, -0.25) is 0 Å². The van der Waals surface area contributed by atoms with Gasteiger partial charge in [-0.25, -0.2) is 9.79 Å². The highest BCUT2D eigenvalue weighted by Gasteiger charge is 2.05. The maximum Gasteiger partial charge on any atom is 0.337 e. The average Bonchev–Trinajstić information content (AvgIpc) is 2.35. The van der Waals surface area contributed by atoms with E-state index in [1.807, 2.05) is 12.3 Å². The molecule has 0 heterocycles. The number of carbonyl (C=O) groups is 1. The van der Waals surface area contributed by atoms with Gasteiger partial charge in [-0.15, -0.1) is 0 Å². The van der Waals surface area contributed by atoms with Crippen LogP contribution < -0.4 is 5.32 Å². The summed E-state index contributed by atoms with van der Waals surface area (Å²) in [4.78, 5) is 15.6. The molecule has 86 valence electrons. The van der Waals surface area contributed by atoms with Crippen LogP contribution in [0.1, 0.15) is 10.4 Å². The Morgan fingerprint density at radius 3 is 2.81 bits per heavy atom. The maximum absolute atomic E-state index is 11.3. The first-order chi connectivity index (χ1) is 7.71. The van der Waals surface area contributed by atoms with E-state index in [2.05, 4.69) is 15.0 Å². The summed E-state index contributed by atoms with van der Waals surface area (Å²) in [6, 6.07) is 7.00. The summed E-state index contributed by atoms with van der Waals surface area (Å²) < 4.78 is 4.64. The van der Waals surface area contributed by atoms with Crippen LogP contribution in [-0.4, -0.2) is 31.6 Å². The van der Waals surface area contributed by atoms with Crippen molar-refractivity contribution in [3.05, 3.63) is 29.8 Å². The molecule has 1 rings (SSSR count). The molecule has 0 saturated heterocycles. The highest BCUT2D eigenvalue weighted by Crippen LogP contribution is 2.16. The fraction of sp³-hybridized carbons (Fsp3) is 0.273. The summed E-state index contributed by atoms with van der Waals surface area (Å²) >= 11 is 1.51. The first-order valence-corrected chi connectivity index (χ1v) is 5.92. The van der Waals surface area contributed by atoms with Crippen molar-refractivity contribution in [3.63, 3.8) is 0 Å². The average molecular weight is 238 g/mol. The summed E-state index contributed by atoms with van der Waals surface area (Å²) in [5.74, 6) is -0.354. The molecule has 1 aromatic carbocycles. The van der Waals surface area contributed by atoms with Crippen molar-refractivity contribution in [3.8, 4) is 0 Å². The fourth-order valence-corrected chi connectivity index (χ4v) is 1.54. The van der Waals surface area contributed by atoms with Crippen LogP contribution in [0.15, 0.2) is 29.3 Å². The van der Waals surface area contributed by atoms with E-state index in [4.69, 9.17) is 0 Å². The second-order valence-corrected chi connectivity index (χ2v) is 3.71. The first kappa shape index (κ1) is 12.6. The smallest absolute Gasteiger partial charge is 0.337 e. The molecule has 0 aliphatic rings. The zero-order valence-corrected chi connectivity index (χ0v) is 10.3. The van der Waals surface area contributed by atoms with Gasteiger partial charge in [0, 0.05) is 7.05 Å². The summed E-state index contributed by atoms with van der Waals surface area (Å²) in [5.41, 5.74) is 1.22. The van der Waals surface area contributed by atoms with Crippen LogP contribution in [-0.2, 0) is 4.74 Å². The van der Waals surface area contributed by atoms with Gasteiger partial charge < -0.3 is 10.1 Å². The molecule has 5 heteroatoms. The molecule has 0 saturated carbocycles. The van der Waals surface area contributed by atoms with E-state index < -0.39 is 0 Å². The van der Waals surface area contributed by atoms with Crippen molar-refractivity contribution in [2.75, 3.05) is 20.4 Å². The number of carbonyl (C=O) groups excluding carboxylic acids is 1. The molecule has 0 aromatic heterocycles. The Morgan fingerprint density at radius 1 is 1.50 bits per heavy atom. The predicted octanol–water partition coefficient (Wildman–Crippen LogP) is 2.04. The topological polar surface area (TPSA) is 50.7 Å². The van der Waals surface area contributed by atoms with Crippen LogP contribution >= 0.6 is 11.8 Å². The lowest BCUT2D eigenvalue weighted by Crippen LogP contribution is -2.12. The zero-order valence-electron chi connectivity index (χ0n) is 9.48. The van der Waals surface area contributed by atoms with E-state index in [1.165, 1.54) is 18.9 Å². The Balaban J connectivity index is 2.98. The van der Waals surface area contributed by atoms with Gasteiger partial charge in [0.05, 0.1) is 18.4 Å². The van der Waals surface area contributed by atoms with Gasteiger partial charge in [-0.1, -0.05) is 17.8 Å². The molecule has 0 bridgehead atoms. The second kappa shape index (κ2) is 6.17. The Hall–Kier alpha value is -1.49. The van der Waals surface area contributed by atoms with Crippen LogP contribution in [0.2, 0.25) is 0 Å². The molecular formula is C11H14N2O2S. The number of nitrogens with zero attached hydrogens (tertiary/aromatic N) is 1. The molecule has 1 aromatic rings. The minimum atomic E-state index is -0.354. The third-order valence-corrected chi connectivity index (χ3v) is 2.59. The molecule has 4 nitrogen and oxygen atoms in total. The van der Waals surface area contributed by atoms with Crippen LogP contribution in [0.3, 0.4) is 0 Å². The molecule has 16 heavy (non-hydrogen) atoms. The summed E-state index contributed by atoms with van der Waals surface area (Å²) in [7, 11) is 3.17. The number of esters is 1. The largest absolute Gasteiger partial charge is 0.465 e. The van der Waals surface area contributed by atoms with Crippen molar-refractivity contribution < 1.29 is 9.53 Å². The number of thioether (sulfide) groups is 1. The number of nitrogens with one attached hydrogen (secondary N) is 1. The Labute approximate surface area is 99.1 Å². The molecule has 0 radical (unpaired) electrons. The molecule has 0 atom stereocenters. The summed E-state index contributed by atoms with van der Waals surface area (Å²) in [6.07, 6.45) is 1.93. The fourth-order valence-electron chi connectivity index (χ4n) is 1.14. The summed E-state index contributed by atoms with van der Waals surface area (Å²) in [6.45, 7) is 0. The molecule has 0 aliphatic carbocycles. The highest BCUT2D eigenvalue weighted by atomic mass is 32.2. The Morgan fingerprint density at radius 2 is 2.25 bits per heavy atom. The molecule has 0 fully saturated rings. The molecular weight excluding hydrogens is 224 g/mol. The normalized spacial score (nSPS) is 11.1. The van der Waals surface area contributed by atoms with Crippen molar-refractivity contribution in [2.24, 2.45) is 4.99 Å². The van der Waals surface area contributed by atoms with Crippen molar-refractivity contribution in [2.45, 2.75) is 0 Å². The third kappa shape index (κ3) is 3.27. The third-order valence-electron chi connectivity index (χ3n) is 1.91. The van der Waals surface area contributed by atoms with Crippen LogP contribution in [0.5, 0.6) is 0 Å². The lowest BCUT2D eigenvalue weighted by Gasteiger charge is -2.03. The van der Waals surface area contributed by atoms with E-state index >= 15 is 0 Å². The second-order valence-electron chi connectivity index (χ2n) is 2.91. The van der Waals surface area contributed by atoms with Gasteiger partial charge in [0.1, 0.15) is 0 Å². The molecule has 0 amide bonds. The minimum Gasteiger partial charge on any atom is -0.465 e. The van der Waals surface area contributed by atoms with Crippen LogP contribution in [0, 0.1) is 0 Å². The number of methoxy groups -OCH3 is 1. The molecule has 0 spiro atoms. The van der Waals surface area contributed by atoms with E-state index in [9.17, 15) is 4.79 Å². The van der Waals surface area contributed by atoms with Gasteiger partial charge in [0.2, 0.25) is 0 Å². The van der Waals surface area contributed by atoms with Gasteiger partial charge >= 0.3 is 5.97 Å². The van der Waals surface area contributed by atoms with E-state index in [1.54, 1.807) is 25.2 Å². The number of benzene rings is 1. The number of rotatable bonds is 2. The number of amidine groups is 1. The highest BCUT2D eigenvalue weighted by molar-refractivity contribution is 8.13. The number of hydrogen-bond donors (Lipinski definition) is 1. The van der Waals surface area contributed by atoms with E-state index in [0.717, 1.165) is 10.9 Å². The van der Waals surface area contributed by atoms with Gasteiger partial charge in [-0.2, -0.15) is 0 Å². The first-order valence-electron chi connectivity index (χ1n) is 4.70. The number of ether oxygens (including phenoxy) is 1. The molecule has 0 unspecified atom stereocenters. The van der Waals surface area contributed by atoms with Gasteiger partial charge in [0.25, 0.3) is 0 Å². The monoisotopic (exact) mass is 238 g/mol. The quantitative estimate of drug-likeness (QED) is 0.486. The summed E-state index contributed by atoms with van der Waals surface area (Å²) in [5, 5.41) is 3.75. The standard InChI is InChI=1S/C11H14N2O2S/c1-12-11(16-3)13-9-6-4-5-8(7-9)10(14)15-2/h4-7H,1-3H3,(H,12,13). The van der Waals surface area contributed by atoms with E-state index in [-0.39, 0.29) is 5.97 Å². The zero-order chi connectivity index (χ0) is 12.0. The lowest BCUT2D eigenvalue weighted by atomic mass is 10.2.